The van der Waals surface area contributed by atoms with Crippen LogP contribution in [0.3, 0.4) is 0 Å². The standard InChI is InChI=1S/C17H22N4O2/c1-12-10-15(20(2)19-12)18-16(22)11-21-9-5-7-13-6-4-8-14(23-3)17(13)21/h4,6,8,10H,5,7,9,11H2,1-3H3,(H,18,22). The van der Waals surface area contributed by atoms with Crippen LogP contribution in [0.5, 0.6) is 5.75 Å². The number of para-hydroxylation sites is 1. The van der Waals surface area contributed by atoms with Crippen molar-refractivity contribution in [1.29, 1.82) is 0 Å². The van der Waals surface area contributed by atoms with E-state index in [0.29, 0.717) is 12.4 Å². The molecule has 6 nitrogen and oxygen atoms in total. The fourth-order valence-electron chi connectivity index (χ4n) is 3.11. The van der Waals surface area contributed by atoms with Crippen molar-refractivity contribution in [2.75, 3.05) is 30.4 Å². The molecular formula is C17H22N4O2. The zero-order valence-corrected chi connectivity index (χ0v) is 13.8. The van der Waals surface area contributed by atoms with E-state index in [1.54, 1.807) is 11.8 Å². The molecule has 0 saturated heterocycles. The van der Waals surface area contributed by atoms with E-state index in [-0.39, 0.29) is 5.91 Å². The first-order valence-corrected chi connectivity index (χ1v) is 7.80. The number of amides is 1. The van der Waals surface area contributed by atoms with E-state index in [1.165, 1.54) is 5.56 Å². The Bertz CT molecular complexity index is 709. The first-order chi connectivity index (χ1) is 11.1. The van der Waals surface area contributed by atoms with Gasteiger partial charge in [-0.25, -0.2) is 0 Å². The van der Waals surface area contributed by atoms with Crippen molar-refractivity contribution < 1.29 is 9.53 Å². The van der Waals surface area contributed by atoms with Crippen molar-refractivity contribution in [3.05, 3.63) is 35.5 Å². The third-order valence-electron chi connectivity index (χ3n) is 4.10. The molecule has 0 fully saturated rings. The maximum atomic E-state index is 12.4. The number of nitrogens with zero attached hydrogens (tertiary/aromatic N) is 3. The number of hydrogen-bond acceptors (Lipinski definition) is 4. The Labute approximate surface area is 136 Å². The minimum atomic E-state index is -0.0493. The molecule has 122 valence electrons. The summed E-state index contributed by atoms with van der Waals surface area (Å²) in [4.78, 5) is 14.5. The second-order valence-corrected chi connectivity index (χ2v) is 5.84. The van der Waals surface area contributed by atoms with Gasteiger partial charge in [-0.15, -0.1) is 0 Å². The predicted molar refractivity (Wildman–Crippen MR) is 90.1 cm³/mol. The summed E-state index contributed by atoms with van der Waals surface area (Å²) in [5, 5.41) is 7.17. The molecule has 0 atom stereocenters. The highest BCUT2D eigenvalue weighted by molar-refractivity contribution is 5.94. The van der Waals surface area contributed by atoms with Crippen molar-refractivity contribution in [3.63, 3.8) is 0 Å². The SMILES string of the molecule is COc1cccc2c1N(CC(=O)Nc1cc(C)nn1C)CCC2. The Morgan fingerprint density at radius 1 is 1.43 bits per heavy atom. The Hall–Kier alpha value is -2.50. The van der Waals surface area contributed by atoms with Gasteiger partial charge in [-0.05, 0) is 31.4 Å². The van der Waals surface area contributed by atoms with Crippen molar-refractivity contribution in [2.45, 2.75) is 19.8 Å². The minimum absolute atomic E-state index is 0.0493. The summed E-state index contributed by atoms with van der Waals surface area (Å²) in [7, 11) is 3.49. The number of carbonyl (C=O) groups is 1. The number of nitrogens with one attached hydrogen (secondary N) is 1. The summed E-state index contributed by atoms with van der Waals surface area (Å²) in [5.74, 6) is 1.49. The predicted octanol–water partition coefficient (Wildman–Crippen LogP) is 2.13. The van der Waals surface area contributed by atoms with Gasteiger partial charge in [-0.3, -0.25) is 9.48 Å². The van der Waals surface area contributed by atoms with Crippen molar-refractivity contribution >= 4 is 17.4 Å². The number of benzene rings is 1. The summed E-state index contributed by atoms with van der Waals surface area (Å²) < 4.78 is 7.16. The molecule has 2 aromatic rings. The number of ether oxygens (including phenoxy) is 1. The lowest BCUT2D eigenvalue weighted by Gasteiger charge is -2.32. The van der Waals surface area contributed by atoms with Gasteiger partial charge < -0.3 is 15.0 Å². The van der Waals surface area contributed by atoms with Crippen LogP contribution in [0.15, 0.2) is 24.3 Å². The van der Waals surface area contributed by atoms with Gasteiger partial charge in [0.15, 0.2) is 0 Å². The number of rotatable bonds is 4. The Morgan fingerprint density at radius 2 is 2.26 bits per heavy atom. The van der Waals surface area contributed by atoms with E-state index in [4.69, 9.17) is 4.74 Å². The second-order valence-electron chi connectivity index (χ2n) is 5.84. The fraction of sp³-hybridized carbons (Fsp3) is 0.412. The lowest BCUT2D eigenvalue weighted by molar-refractivity contribution is -0.115. The van der Waals surface area contributed by atoms with E-state index in [1.807, 2.05) is 32.2 Å². The number of aryl methyl sites for hydroxylation is 3. The van der Waals surface area contributed by atoms with Gasteiger partial charge in [-0.1, -0.05) is 12.1 Å². The molecule has 1 aromatic carbocycles. The highest BCUT2D eigenvalue weighted by atomic mass is 16.5. The monoisotopic (exact) mass is 314 g/mol. The van der Waals surface area contributed by atoms with Crippen molar-refractivity contribution in [2.24, 2.45) is 7.05 Å². The molecule has 0 bridgehead atoms. The summed E-state index contributed by atoms with van der Waals surface area (Å²) in [6.45, 7) is 3.06. The molecular weight excluding hydrogens is 292 g/mol. The van der Waals surface area contributed by atoms with Gasteiger partial charge >= 0.3 is 0 Å². The summed E-state index contributed by atoms with van der Waals surface area (Å²) in [6, 6.07) is 7.91. The molecule has 6 heteroatoms. The summed E-state index contributed by atoms with van der Waals surface area (Å²) >= 11 is 0. The summed E-state index contributed by atoms with van der Waals surface area (Å²) in [6.07, 6.45) is 2.06. The third kappa shape index (κ3) is 3.16. The van der Waals surface area contributed by atoms with Crippen molar-refractivity contribution in [3.8, 4) is 5.75 Å². The lowest BCUT2D eigenvalue weighted by Crippen LogP contribution is -2.37. The van der Waals surface area contributed by atoms with E-state index >= 15 is 0 Å². The van der Waals surface area contributed by atoms with Gasteiger partial charge in [0, 0.05) is 19.7 Å². The summed E-state index contributed by atoms with van der Waals surface area (Å²) in [5.41, 5.74) is 3.16. The van der Waals surface area contributed by atoms with Crippen LogP contribution >= 0.6 is 0 Å². The van der Waals surface area contributed by atoms with Crippen LogP contribution < -0.4 is 15.0 Å². The average Bonchev–Trinajstić information content (AvgIpc) is 2.84. The number of carbonyl (C=O) groups excluding carboxylic acids is 1. The van der Waals surface area contributed by atoms with Gasteiger partial charge in [0.05, 0.1) is 25.0 Å². The molecule has 1 aliphatic heterocycles. The molecule has 23 heavy (non-hydrogen) atoms. The lowest BCUT2D eigenvalue weighted by atomic mass is 10.0. The molecule has 1 aromatic heterocycles. The maximum absolute atomic E-state index is 12.4. The zero-order valence-electron chi connectivity index (χ0n) is 13.8. The molecule has 0 unspecified atom stereocenters. The number of methoxy groups -OCH3 is 1. The molecule has 2 heterocycles. The quantitative estimate of drug-likeness (QED) is 0.939. The normalized spacial score (nSPS) is 13.6. The maximum Gasteiger partial charge on any atom is 0.245 e. The highest BCUT2D eigenvalue weighted by Gasteiger charge is 2.23. The van der Waals surface area contributed by atoms with Crippen LogP contribution in [0.25, 0.3) is 0 Å². The van der Waals surface area contributed by atoms with Crippen LogP contribution in [-0.2, 0) is 18.3 Å². The molecule has 0 spiro atoms. The number of fused-ring (bicyclic) bond motifs is 1. The second kappa shape index (κ2) is 6.32. The first kappa shape index (κ1) is 15.4. The molecule has 0 aliphatic carbocycles. The van der Waals surface area contributed by atoms with E-state index < -0.39 is 0 Å². The first-order valence-electron chi connectivity index (χ1n) is 7.80. The van der Waals surface area contributed by atoms with Crippen LogP contribution in [0.1, 0.15) is 17.7 Å². The molecule has 1 amide bonds. The van der Waals surface area contributed by atoms with Gasteiger partial charge in [0.2, 0.25) is 5.91 Å². The Morgan fingerprint density at radius 3 is 2.96 bits per heavy atom. The largest absolute Gasteiger partial charge is 0.495 e. The van der Waals surface area contributed by atoms with Crippen molar-refractivity contribution in [1.82, 2.24) is 9.78 Å². The molecule has 1 aliphatic rings. The van der Waals surface area contributed by atoms with E-state index in [9.17, 15) is 4.79 Å². The smallest absolute Gasteiger partial charge is 0.245 e. The van der Waals surface area contributed by atoms with Crippen LogP contribution in [0.4, 0.5) is 11.5 Å². The molecule has 1 N–H and O–H groups in total. The van der Waals surface area contributed by atoms with Crippen LogP contribution in [0, 0.1) is 6.92 Å². The molecule has 3 rings (SSSR count). The van der Waals surface area contributed by atoms with E-state index in [2.05, 4.69) is 21.4 Å². The minimum Gasteiger partial charge on any atom is -0.495 e. The van der Waals surface area contributed by atoms with Gasteiger partial charge in [-0.2, -0.15) is 5.10 Å². The van der Waals surface area contributed by atoms with Crippen LogP contribution in [0.2, 0.25) is 0 Å². The van der Waals surface area contributed by atoms with Crippen LogP contribution in [-0.4, -0.2) is 35.9 Å². The number of aromatic nitrogens is 2. The molecule has 0 saturated carbocycles. The van der Waals surface area contributed by atoms with Gasteiger partial charge in [0.1, 0.15) is 11.6 Å². The molecule has 0 radical (unpaired) electrons. The van der Waals surface area contributed by atoms with E-state index in [0.717, 1.165) is 36.5 Å². The zero-order chi connectivity index (χ0) is 16.4. The Kier molecular flexibility index (Phi) is 4.23. The van der Waals surface area contributed by atoms with Gasteiger partial charge in [0.25, 0.3) is 0 Å². The fourth-order valence-corrected chi connectivity index (χ4v) is 3.11. The third-order valence-corrected chi connectivity index (χ3v) is 4.10. The topological polar surface area (TPSA) is 59.4 Å². The highest BCUT2D eigenvalue weighted by Crippen LogP contribution is 2.35. The number of hydrogen-bond donors (Lipinski definition) is 1. The Balaban J connectivity index is 1.77. The number of anilines is 2. The average molecular weight is 314 g/mol.